The molecule has 4 nitrogen and oxygen atoms in total. The van der Waals surface area contributed by atoms with Gasteiger partial charge in [0.15, 0.2) is 5.96 Å². The molecule has 0 radical (unpaired) electrons. The summed E-state index contributed by atoms with van der Waals surface area (Å²) in [6, 6.07) is 8.94. The molecule has 22 heavy (non-hydrogen) atoms. The minimum atomic E-state index is 0.498. The lowest BCUT2D eigenvalue weighted by Gasteiger charge is -2.13. The van der Waals surface area contributed by atoms with Gasteiger partial charge in [0.1, 0.15) is 5.75 Å². The number of rotatable bonds is 7. The second kappa shape index (κ2) is 8.06. The van der Waals surface area contributed by atoms with Crippen molar-refractivity contribution in [2.24, 2.45) is 10.9 Å². The van der Waals surface area contributed by atoms with Crippen LogP contribution in [-0.2, 0) is 0 Å². The first-order valence-electron chi connectivity index (χ1n) is 8.32. The highest BCUT2D eigenvalue weighted by Crippen LogP contribution is 2.28. The molecule has 122 valence electrons. The third-order valence-electron chi connectivity index (χ3n) is 4.29. The Hall–Kier alpha value is -1.71. The van der Waals surface area contributed by atoms with Crippen molar-refractivity contribution in [3.05, 3.63) is 29.8 Å². The number of hydrogen-bond acceptors (Lipinski definition) is 2. The fourth-order valence-corrected chi connectivity index (χ4v) is 2.49. The quantitative estimate of drug-likeness (QED) is 0.601. The Morgan fingerprint density at radius 1 is 1.36 bits per heavy atom. The molecule has 2 N–H and O–H groups in total. The lowest BCUT2D eigenvalue weighted by atomic mass is 9.98. The number of methoxy groups -OCH3 is 1. The standard InChI is InChI=1S/C18H29N3O/c1-5-19-18(21-17-12-14(17)3)20-11-10-13(2)15-6-8-16(22-4)9-7-15/h6-9,13-14,17H,5,10-12H2,1-4H3,(H2,19,20,21). The molecule has 0 aromatic heterocycles. The fraction of sp³-hybridized carbons (Fsp3) is 0.611. The Balaban J connectivity index is 1.82. The number of benzene rings is 1. The Labute approximate surface area is 134 Å². The van der Waals surface area contributed by atoms with Crippen molar-refractivity contribution in [3.8, 4) is 5.75 Å². The summed E-state index contributed by atoms with van der Waals surface area (Å²) in [4.78, 5) is 4.70. The van der Waals surface area contributed by atoms with E-state index in [1.807, 2.05) is 12.1 Å². The maximum atomic E-state index is 5.20. The van der Waals surface area contributed by atoms with Crippen molar-refractivity contribution in [3.63, 3.8) is 0 Å². The highest BCUT2D eigenvalue weighted by Gasteiger charge is 2.33. The molecule has 2 rings (SSSR count). The number of nitrogens with zero attached hydrogens (tertiary/aromatic N) is 1. The summed E-state index contributed by atoms with van der Waals surface area (Å²) in [5.74, 6) is 3.14. The summed E-state index contributed by atoms with van der Waals surface area (Å²) in [6.07, 6.45) is 2.30. The second-order valence-corrected chi connectivity index (χ2v) is 6.19. The summed E-state index contributed by atoms with van der Waals surface area (Å²) in [5, 5.41) is 6.82. The van der Waals surface area contributed by atoms with Crippen molar-refractivity contribution < 1.29 is 4.74 Å². The molecule has 1 saturated carbocycles. The average molecular weight is 303 g/mol. The lowest BCUT2D eigenvalue weighted by Crippen LogP contribution is -2.39. The Bertz CT molecular complexity index is 484. The zero-order valence-corrected chi connectivity index (χ0v) is 14.2. The summed E-state index contributed by atoms with van der Waals surface area (Å²) in [7, 11) is 1.70. The molecule has 0 spiro atoms. The molecule has 1 aliphatic carbocycles. The minimum absolute atomic E-state index is 0.498. The van der Waals surface area contributed by atoms with E-state index in [2.05, 4.69) is 43.5 Å². The van der Waals surface area contributed by atoms with Crippen molar-refractivity contribution >= 4 is 5.96 Å². The van der Waals surface area contributed by atoms with Crippen molar-refractivity contribution in [1.29, 1.82) is 0 Å². The molecule has 1 aromatic rings. The second-order valence-electron chi connectivity index (χ2n) is 6.19. The van der Waals surface area contributed by atoms with Crippen molar-refractivity contribution in [2.75, 3.05) is 20.2 Å². The monoisotopic (exact) mass is 303 g/mol. The van der Waals surface area contributed by atoms with E-state index in [-0.39, 0.29) is 0 Å². The van der Waals surface area contributed by atoms with E-state index in [4.69, 9.17) is 9.73 Å². The van der Waals surface area contributed by atoms with E-state index in [1.54, 1.807) is 7.11 Å². The topological polar surface area (TPSA) is 45.7 Å². The fourth-order valence-electron chi connectivity index (χ4n) is 2.49. The van der Waals surface area contributed by atoms with E-state index in [1.165, 1.54) is 12.0 Å². The first-order chi connectivity index (χ1) is 10.6. The van der Waals surface area contributed by atoms with Gasteiger partial charge in [-0.05, 0) is 49.3 Å². The maximum absolute atomic E-state index is 5.20. The zero-order valence-electron chi connectivity index (χ0n) is 14.2. The smallest absolute Gasteiger partial charge is 0.191 e. The third-order valence-corrected chi connectivity index (χ3v) is 4.29. The van der Waals surface area contributed by atoms with E-state index < -0.39 is 0 Å². The van der Waals surface area contributed by atoms with Crippen LogP contribution >= 0.6 is 0 Å². The predicted octanol–water partition coefficient (Wildman–Crippen LogP) is 3.15. The molecule has 0 heterocycles. The molecule has 1 aliphatic rings. The molecule has 4 heteroatoms. The lowest BCUT2D eigenvalue weighted by molar-refractivity contribution is 0.414. The van der Waals surface area contributed by atoms with Gasteiger partial charge in [0.2, 0.25) is 0 Å². The SMILES string of the molecule is CCNC(=NCCC(C)c1ccc(OC)cc1)NC1CC1C. The Kier molecular flexibility index (Phi) is 6.10. The van der Waals surface area contributed by atoms with Crippen LogP contribution in [0.2, 0.25) is 0 Å². The van der Waals surface area contributed by atoms with Crippen LogP contribution in [0.5, 0.6) is 5.75 Å². The van der Waals surface area contributed by atoms with Gasteiger partial charge >= 0.3 is 0 Å². The first kappa shape index (κ1) is 16.7. The molecular weight excluding hydrogens is 274 g/mol. The van der Waals surface area contributed by atoms with Crippen LogP contribution in [0.3, 0.4) is 0 Å². The summed E-state index contributed by atoms with van der Waals surface area (Å²) in [5.41, 5.74) is 1.34. The van der Waals surface area contributed by atoms with Gasteiger partial charge in [-0.3, -0.25) is 4.99 Å². The van der Waals surface area contributed by atoms with Gasteiger partial charge in [-0.1, -0.05) is 26.0 Å². The first-order valence-corrected chi connectivity index (χ1v) is 8.32. The molecule has 0 aliphatic heterocycles. The van der Waals surface area contributed by atoms with Gasteiger partial charge < -0.3 is 15.4 Å². The molecule has 1 aromatic carbocycles. The molecule has 3 unspecified atom stereocenters. The number of hydrogen-bond donors (Lipinski definition) is 2. The largest absolute Gasteiger partial charge is 0.497 e. The molecular formula is C18H29N3O. The van der Waals surface area contributed by atoms with Gasteiger partial charge in [0, 0.05) is 19.1 Å². The van der Waals surface area contributed by atoms with Gasteiger partial charge in [-0.25, -0.2) is 0 Å². The number of ether oxygens (including phenoxy) is 1. The van der Waals surface area contributed by atoms with Gasteiger partial charge in [-0.2, -0.15) is 0 Å². The Morgan fingerprint density at radius 2 is 2.05 bits per heavy atom. The van der Waals surface area contributed by atoms with Crippen LogP contribution in [0.15, 0.2) is 29.3 Å². The minimum Gasteiger partial charge on any atom is -0.497 e. The number of nitrogens with one attached hydrogen (secondary N) is 2. The zero-order chi connectivity index (χ0) is 15.9. The highest BCUT2D eigenvalue weighted by atomic mass is 16.5. The number of aliphatic imine (C=N–C) groups is 1. The van der Waals surface area contributed by atoms with Gasteiger partial charge in [0.05, 0.1) is 7.11 Å². The molecule has 0 saturated heterocycles. The van der Waals surface area contributed by atoms with Crippen LogP contribution in [0.1, 0.15) is 45.1 Å². The van der Waals surface area contributed by atoms with Crippen LogP contribution in [0, 0.1) is 5.92 Å². The third kappa shape index (κ3) is 4.93. The summed E-state index contributed by atoms with van der Waals surface area (Å²) >= 11 is 0. The highest BCUT2D eigenvalue weighted by molar-refractivity contribution is 5.80. The molecule has 3 atom stereocenters. The van der Waals surface area contributed by atoms with E-state index in [0.29, 0.717) is 12.0 Å². The van der Waals surface area contributed by atoms with E-state index in [9.17, 15) is 0 Å². The van der Waals surface area contributed by atoms with E-state index >= 15 is 0 Å². The Morgan fingerprint density at radius 3 is 2.59 bits per heavy atom. The van der Waals surface area contributed by atoms with Gasteiger partial charge in [-0.15, -0.1) is 0 Å². The van der Waals surface area contributed by atoms with Crippen LogP contribution < -0.4 is 15.4 Å². The molecule has 0 bridgehead atoms. The molecule has 1 fully saturated rings. The van der Waals surface area contributed by atoms with Gasteiger partial charge in [0.25, 0.3) is 0 Å². The van der Waals surface area contributed by atoms with Crippen LogP contribution in [-0.4, -0.2) is 32.2 Å². The van der Waals surface area contributed by atoms with Crippen molar-refractivity contribution in [2.45, 2.75) is 45.6 Å². The average Bonchev–Trinajstić information content (AvgIpc) is 3.22. The van der Waals surface area contributed by atoms with Crippen LogP contribution in [0.25, 0.3) is 0 Å². The maximum Gasteiger partial charge on any atom is 0.191 e. The number of guanidine groups is 1. The summed E-state index contributed by atoms with van der Waals surface area (Å²) in [6.45, 7) is 8.37. The van der Waals surface area contributed by atoms with Crippen LogP contribution in [0.4, 0.5) is 0 Å². The molecule has 0 amide bonds. The summed E-state index contributed by atoms with van der Waals surface area (Å²) < 4.78 is 5.20. The van der Waals surface area contributed by atoms with Crippen molar-refractivity contribution in [1.82, 2.24) is 10.6 Å². The normalized spacial score (nSPS) is 22.1. The predicted molar refractivity (Wildman–Crippen MR) is 92.7 cm³/mol. The van der Waals surface area contributed by atoms with E-state index in [0.717, 1.165) is 37.1 Å².